The fourth-order valence-electron chi connectivity index (χ4n) is 3.63. The number of nitrogens with one attached hydrogen (secondary N) is 1. The lowest BCUT2D eigenvalue weighted by atomic mass is 10.3. The number of sulfonamides is 1. The highest BCUT2D eigenvalue weighted by Gasteiger charge is 2.27. The van der Waals surface area contributed by atoms with Gasteiger partial charge >= 0.3 is 0 Å². The topological polar surface area (TPSA) is 84.3 Å². The van der Waals surface area contributed by atoms with Crippen molar-refractivity contribution in [1.82, 2.24) is 14.5 Å². The van der Waals surface area contributed by atoms with Crippen LogP contribution in [-0.2, 0) is 17.1 Å². The number of nitrogens with zero attached hydrogens (tertiary/aromatic N) is 3. The molecule has 0 saturated carbocycles. The lowest BCUT2D eigenvalue weighted by Crippen LogP contribution is -2.27. The van der Waals surface area contributed by atoms with Crippen LogP contribution in [0.5, 0.6) is 0 Å². The number of thiazole rings is 1. The molecular formula is C21H24N4O3S2. The van der Waals surface area contributed by atoms with Gasteiger partial charge in [0.25, 0.3) is 15.9 Å². The van der Waals surface area contributed by atoms with Crippen molar-refractivity contribution in [3.63, 3.8) is 0 Å². The van der Waals surface area contributed by atoms with Crippen molar-refractivity contribution in [3.8, 4) is 10.7 Å². The zero-order chi connectivity index (χ0) is 21.5. The van der Waals surface area contributed by atoms with Gasteiger partial charge in [-0.1, -0.05) is 18.2 Å². The van der Waals surface area contributed by atoms with Crippen molar-refractivity contribution < 1.29 is 13.2 Å². The third-order valence-electron chi connectivity index (χ3n) is 5.41. The number of rotatable bonds is 5. The number of carbonyl (C=O) groups excluding carboxylic acids is 1. The first kappa shape index (κ1) is 20.6. The van der Waals surface area contributed by atoms with Gasteiger partial charge < -0.3 is 9.47 Å². The number of para-hydroxylation sites is 1. The highest BCUT2D eigenvalue weighted by Crippen LogP contribution is 2.33. The molecule has 158 valence electrons. The normalized spacial score (nSPS) is 14.3. The average molecular weight is 445 g/mol. The average Bonchev–Trinajstić information content (AvgIpc) is 3.43. The second-order valence-corrected chi connectivity index (χ2v) is 10.1. The largest absolute Gasteiger partial charge is 0.345 e. The first-order chi connectivity index (χ1) is 14.3. The van der Waals surface area contributed by atoms with Gasteiger partial charge in [-0.2, -0.15) is 0 Å². The Morgan fingerprint density at radius 1 is 1.13 bits per heavy atom. The van der Waals surface area contributed by atoms with Crippen LogP contribution in [0.1, 0.15) is 33.9 Å². The molecule has 3 heterocycles. The van der Waals surface area contributed by atoms with Gasteiger partial charge in [-0.3, -0.25) is 9.52 Å². The molecule has 2 aromatic heterocycles. The van der Waals surface area contributed by atoms with Crippen molar-refractivity contribution in [2.75, 3.05) is 17.8 Å². The molecule has 1 amide bonds. The van der Waals surface area contributed by atoms with Gasteiger partial charge in [-0.15, -0.1) is 11.3 Å². The number of likely N-dealkylation sites (tertiary alicyclic amines) is 1. The van der Waals surface area contributed by atoms with Crippen molar-refractivity contribution >= 4 is 33.0 Å². The second kappa shape index (κ2) is 7.88. The van der Waals surface area contributed by atoms with E-state index in [1.807, 2.05) is 29.5 Å². The lowest BCUT2D eigenvalue weighted by Gasteiger charge is -2.13. The molecule has 4 rings (SSSR count). The molecule has 1 aliphatic rings. The zero-order valence-corrected chi connectivity index (χ0v) is 18.8. The van der Waals surface area contributed by atoms with E-state index < -0.39 is 10.0 Å². The summed E-state index contributed by atoms with van der Waals surface area (Å²) < 4.78 is 30.4. The molecular weight excluding hydrogens is 420 g/mol. The van der Waals surface area contributed by atoms with Crippen LogP contribution < -0.4 is 4.72 Å². The van der Waals surface area contributed by atoms with Crippen LogP contribution in [-0.4, -0.2) is 41.9 Å². The Morgan fingerprint density at radius 3 is 2.47 bits per heavy atom. The Bertz CT molecular complexity index is 1190. The summed E-state index contributed by atoms with van der Waals surface area (Å²) in [6.45, 7) is 5.15. The minimum Gasteiger partial charge on any atom is -0.345 e. The Labute approximate surface area is 180 Å². The molecule has 3 aromatic rings. The molecule has 0 aliphatic carbocycles. The van der Waals surface area contributed by atoms with E-state index in [9.17, 15) is 13.2 Å². The summed E-state index contributed by atoms with van der Waals surface area (Å²) in [5.74, 6) is 0.0123. The molecule has 1 N–H and O–H groups in total. The fraction of sp³-hybridized carbons (Fsp3) is 0.333. The van der Waals surface area contributed by atoms with Crippen LogP contribution in [0.4, 0.5) is 5.69 Å². The van der Waals surface area contributed by atoms with Crippen LogP contribution in [0.25, 0.3) is 10.7 Å². The Kier molecular flexibility index (Phi) is 5.42. The number of hydrogen-bond donors (Lipinski definition) is 1. The number of benzene rings is 1. The van der Waals surface area contributed by atoms with E-state index in [0.717, 1.165) is 25.9 Å². The van der Waals surface area contributed by atoms with Crippen LogP contribution in [0.3, 0.4) is 0 Å². The third-order valence-corrected chi connectivity index (χ3v) is 8.07. The van der Waals surface area contributed by atoms with Crippen molar-refractivity contribution in [1.29, 1.82) is 0 Å². The maximum atomic E-state index is 13.0. The monoisotopic (exact) mass is 444 g/mol. The first-order valence-electron chi connectivity index (χ1n) is 9.79. The molecule has 30 heavy (non-hydrogen) atoms. The highest BCUT2D eigenvalue weighted by molar-refractivity contribution is 7.92. The maximum Gasteiger partial charge on any atom is 0.265 e. The summed E-state index contributed by atoms with van der Waals surface area (Å²) in [6, 6.07) is 10.4. The Morgan fingerprint density at radius 2 is 1.80 bits per heavy atom. The molecule has 0 spiro atoms. The van der Waals surface area contributed by atoms with Gasteiger partial charge in [-0.25, -0.2) is 13.4 Å². The molecule has 0 radical (unpaired) electrons. The van der Waals surface area contributed by atoms with Gasteiger partial charge in [0.15, 0.2) is 0 Å². The van der Waals surface area contributed by atoms with Crippen LogP contribution in [0.15, 0.2) is 41.3 Å². The van der Waals surface area contributed by atoms with Gasteiger partial charge in [0.1, 0.15) is 14.8 Å². The Hall–Kier alpha value is -2.65. The minimum atomic E-state index is -3.76. The van der Waals surface area contributed by atoms with E-state index >= 15 is 0 Å². The van der Waals surface area contributed by atoms with E-state index in [1.54, 1.807) is 37.3 Å². The van der Waals surface area contributed by atoms with E-state index in [2.05, 4.69) is 9.71 Å². The molecule has 9 heteroatoms. The number of aromatic nitrogens is 2. The minimum absolute atomic E-state index is 0.0123. The molecule has 1 fully saturated rings. The molecule has 0 unspecified atom stereocenters. The zero-order valence-electron chi connectivity index (χ0n) is 17.2. The van der Waals surface area contributed by atoms with Crippen molar-refractivity contribution in [2.24, 2.45) is 7.05 Å². The van der Waals surface area contributed by atoms with Crippen LogP contribution in [0.2, 0.25) is 0 Å². The van der Waals surface area contributed by atoms with E-state index in [0.29, 0.717) is 32.7 Å². The first-order valence-corrected chi connectivity index (χ1v) is 12.1. The summed E-state index contributed by atoms with van der Waals surface area (Å²) in [4.78, 5) is 20.1. The lowest BCUT2D eigenvalue weighted by molar-refractivity contribution is 0.0796. The number of aryl methyl sites for hydroxylation is 1. The quantitative estimate of drug-likeness (QED) is 0.649. The van der Waals surface area contributed by atoms with E-state index in [1.165, 1.54) is 11.3 Å². The van der Waals surface area contributed by atoms with Crippen LogP contribution in [0, 0.1) is 13.8 Å². The summed E-state index contributed by atoms with van der Waals surface area (Å²) in [5, 5.41) is 0.641. The Balaban J connectivity index is 1.68. The fourth-order valence-corrected chi connectivity index (χ4v) is 6.07. The molecule has 0 atom stereocenters. The summed E-state index contributed by atoms with van der Waals surface area (Å²) in [5.41, 5.74) is 2.46. The standard InChI is InChI=1S/C21H24N4O3S2/c1-14-19(21(26)25-11-7-8-12-25)29-20(22-14)17-13-18(15(2)24(17)3)30(27,28)23-16-9-5-4-6-10-16/h4-6,9-10,13,23H,7-8,11-12H2,1-3H3. The number of carbonyl (C=O) groups is 1. The van der Waals surface area contributed by atoms with Gasteiger partial charge in [0.2, 0.25) is 0 Å². The molecule has 1 aromatic carbocycles. The van der Waals surface area contributed by atoms with Gasteiger partial charge in [-0.05, 0) is 44.9 Å². The molecule has 0 bridgehead atoms. The van der Waals surface area contributed by atoms with Gasteiger partial charge in [0.05, 0.1) is 11.4 Å². The summed E-state index contributed by atoms with van der Waals surface area (Å²) in [7, 11) is -1.95. The molecule has 7 nitrogen and oxygen atoms in total. The number of anilines is 1. The van der Waals surface area contributed by atoms with E-state index in [-0.39, 0.29) is 10.8 Å². The maximum absolute atomic E-state index is 13.0. The van der Waals surface area contributed by atoms with Gasteiger partial charge in [0, 0.05) is 31.5 Å². The predicted octanol–water partition coefficient (Wildman–Crippen LogP) is 3.80. The highest BCUT2D eigenvalue weighted by atomic mass is 32.2. The van der Waals surface area contributed by atoms with E-state index in [4.69, 9.17) is 0 Å². The molecule has 1 saturated heterocycles. The van der Waals surface area contributed by atoms with Crippen LogP contribution >= 0.6 is 11.3 Å². The third kappa shape index (κ3) is 3.75. The summed E-state index contributed by atoms with van der Waals surface area (Å²) in [6.07, 6.45) is 2.06. The predicted molar refractivity (Wildman–Crippen MR) is 118 cm³/mol. The number of hydrogen-bond acceptors (Lipinski definition) is 5. The second-order valence-electron chi connectivity index (χ2n) is 7.44. The molecule has 1 aliphatic heterocycles. The SMILES string of the molecule is Cc1nc(-c2cc(S(=O)(=O)Nc3ccccc3)c(C)n2C)sc1C(=O)N1CCCC1. The van der Waals surface area contributed by atoms with Crippen molar-refractivity contribution in [2.45, 2.75) is 31.6 Å². The smallest absolute Gasteiger partial charge is 0.265 e. The van der Waals surface area contributed by atoms with Crippen molar-refractivity contribution in [3.05, 3.63) is 52.7 Å². The number of amides is 1. The summed E-state index contributed by atoms with van der Waals surface area (Å²) >= 11 is 1.32.